The van der Waals surface area contributed by atoms with E-state index in [0.29, 0.717) is 17.9 Å². The molecule has 28 heavy (non-hydrogen) atoms. The number of aromatic nitrogens is 5. The number of pyridine rings is 2. The molecular weight excluding hydrogens is 352 g/mol. The van der Waals surface area contributed by atoms with Crippen LogP contribution < -0.4 is 0 Å². The number of hydrogen-bond acceptors (Lipinski definition) is 5. The number of aryl methyl sites for hydroxylation is 2. The van der Waals surface area contributed by atoms with Crippen molar-refractivity contribution in [2.75, 3.05) is 0 Å². The molecule has 0 spiro atoms. The summed E-state index contributed by atoms with van der Waals surface area (Å²) < 4.78 is 3.52. The molecule has 4 heterocycles. The minimum absolute atomic E-state index is 0.0668. The van der Waals surface area contributed by atoms with Gasteiger partial charge in [0.2, 0.25) is 0 Å². The van der Waals surface area contributed by atoms with Crippen molar-refractivity contribution in [1.82, 2.24) is 24.4 Å². The monoisotopic (exact) mass is 372 g/mol. The van der Waals surface area contributed by atoms with Gasteiger partial charge in [-0.05, 0) is 57.3 Å². The van der Waals surface area contributed by atoms with E-state index in [2.05, 4.69) is 21.9 Å². The zero-order valence-corrected chi connectivity index (χ0v) is 16.0. The first-order valence-electron chi connectivity index (χ1n) is 8.92. The average Bonchev–Trinajstić information content (AvgIpc) is 3.24. The van der Waals surface area contributed by atoms with Gasteiger partial charge in [0.15, 0.2) is 11.6 Å². The van der Waals surface area contributed by atoms with Crippen LogP contribution in [0.15, 0.2) is 47.7 Å². The molecule has 4 aromatic rings. The Morgan fingerprint density at radius 2 is 2.04 bits per heavy atom. The molecule has 0 N–H and O–H groups in total. The van der Waals surface area contributed by atoms with Gasteiger partial charge in [-0.25, -0.2) is 14.2 Å². The first-order valence-corrected chi connectivity index (χ1v) is 8.92. The second kappa shape index (κ2) is 6.84. The highest BCUT2D eigenvalue weighted by molar-refractivity contribution is 5.97. The van der Waals surface area contributed by atoms with Gasteiger partial charge in [0.1, 0.15) is 0 Å². The normalized spacial score (nSPS) is 11.1. The molecule has 0 saturated carbocycles. The van der Waals surface area contributed by atoms with Crippen molar-refractivity contribution in [1.29, 1.82) is 0 Å². The van der Waals surface area contributed by atoms with E-state index in [9.17, 15) is 4.79 Å². The van der Waals surface area contributed by atoms with Gasteiger partial charge in [0, 0.05) is 17.5 Å². The summed E-state index contributed by atoms with van der Waals surface area (Å²) in [5.41, 5.74) is 5.88. The van der Waals surface area contributed by atoms with Crippen LogP contribution in [0, 0.1) is 13.8 Å². The van der Waals surface area contributed by atoms with E-state index in [1.54, 1.807) is 16.9 Å². The van der Waals surface area contributed by atoms with E-state index >= 15 is 0 Å². The number of carbonyl (C=O) groups is 1. The van der Waals surface area contributed by atoms with Gasteiger partial charge in [-0.3, -0.25) is 9.79 Å². The third-order valence-corrected chi connectivity index (χ3v) is 4.61. The predicted molar refractivity (Wildman–Crippen MR) is 108 cm³/mol. The Morgan fingerprint density at radius 1 is 1.21 bits per heavy atom. The number of Topliss-reactive ketones (excluding diaryl/α,β-unsaturated/α-hetero) is 1. The summed E-state index contributed by atoms with van der Waals surface area (Å²) >= 11 is 0. The molecule has 4 aromatic heterocycles. The van der Waals surface area contributed by atoms with E-state index < -0.39 is 0 Å². The van der Waals surface area contributed by atoms with E-state index in [0.717, 1.165) is 33.7 Å². The van der Waals surface area contributed by atoms with Crippen molar-refractivity contribution < 1.29 is 4.79 Å². The van der Waals surface area contributed by atoms with Crippen LogP contribution in [-0.2, 0) is 6.54 Å². The van der Waals surface area contributed by atoms with E-state index in [1.807, 2.05) is 48.8 Å². The average molecular weight is 372 g/mol. The molecule has 0 saturated heterocycles. The van der Waals surface area contributed by atoms with Crippen LogP contribution >= 0.6 is 0 Å². The fraction of sp³-hybridized carbons (Fsp3) is 0.190. The zero-order chi connectivity index (χ0) is 19.8. The van der Waals surface area contributed by atoms with Gasteiger partial charge in [0.25, 0.3) is 0 Å². The van der Waals surface area contributed by atoms with Crippen molar-refractivity contribution in [2.45, 2.75) is 27.3 Å². The lowest BCUT2D eigenvalue weighted by Gasteiger charge is -2.10. The molecule has 0 aliphatic rings. The van der Waals surface area contributed by atoms with Gasteiger partial charge in [-0.1, -0.05) is 6.07 Å². The summed E-state index contributed by atoms with van der Waals surface area (Å²) in [7, 11) is 0. The molecule has 0 bridgehead atoms. The largest absolute Gasteiger partial charge is 0.294 e. The van der Waals surface area contributed by atoms with E-state index in [4.69, 9.17) is 4.98 Å². The smallest absolute Gasteiger partial charge is 0.165 e. The standard InChI is InChI=1S/C21H20N6O/c1-13-5-8-20-18(11-23-26(20)12-13)19-7-6-17(15(3)28)21(24-19)27-14(2)9-16(25-27)10-22-4/h5-9,11-12H,4,10H2,1-3H3. The van der Waals surface area contributed by atoms with Gasteiger partial charge in [-0.15, -0.1) is 0 Å². The van der Waals surface area contributed by atoms with Crippen LogP contribution in [0.1, 0.15) is 34.2 Å². The second-order valence-corrected chi connectivity index (χ2v) is 6.79. The maximum atomic E-state index is 12.2. The van der Waals surface area contributed by atoms with Gasteiger partial charge in [0.05, 0.1) is 35.2 Å². The second-order valence-electron chi connectivity index (χ2n) is 6.79. The Labute approximate surface area is 162 Å². The lowest BCUT2D eigenvalue weighted by atomic mass is 10.1. The lowest BCUT2D eigenvalue weighted by Crippen LogP contribution is -2.10. The molecule has 0 amide bonds. The SMILES string of the molecule is C=NCc1cc(C)n(-c2nc(-c3cnn4cc(C)ccc34)ccc2C(C)=O)n1. The fourth-order valence-corrected chi connectivity index (χ4v) is 3.26. The maximum Gasteiger partial charge on any atom is 0.165 e. The molecule has 0 aliphatic heterocycles. The molecule has 7 heteroatoms. The third kappa shape index (κ3) is 3.00. The highest BCUT2D eigenvalue weighted by Crippen LogP contribution is 2.26. The van der Waals surface area contributed by atoms with Crippen LogP contribution in [0.2, 0.25) is 0 Å². The number of nitrogens with zero attached hydrogens (tertiary/aromatic N) is 6. The first-order chi connectivity index (χ1) is 13.5. The van der Waals surface area contributed by atoms with Gasteiger partial charge in [-0.2, -0.15) is 10.2 Å². The number of rotatable bonds is 5. The molecule has 0 radical (unpaired) electrons. The quantitative estimate of drug-likeness (QED) is 0.396. The molecule has 0 unspecified atom stereocenters. The van der Waals surface area contributed by atoms with Crippen molar-refractivity contribution in [2.24, 2.45) is 4.99 Å². The summed E-state index contributed by atoms with van der Waals surface area (Å²) in [5.74, 6) is 0.437. The van der Waals surface area contributed by atoms with E-state index in [1.165, 1.54) is 6.92 Å². The highest BCUT2D eigenvalue weighted by atomic mass is 16.1. The Bertz CT molecular complexity index is 1220. The molecule has 0 aromatic carbocycles. The van der Waals surface area contributed by atoms with Crippen LogP contribution in [0.3, 0.4) is 0 Å². The van der Waals surface area contributed by atoms with Crippen molar-refractivity contribution in [3.63, 3.8) is 0 Å². The Hall–Kier alpha value is -3.61. The van der Waals surface area contributed by atoms with Crippen molar-refractivity contribution >= 4 is 18.0 Å². The molecule has 0 atom stereocenters. The Morgan fingerprint density at radius 3 is 2.79 bits per heavy atom. The summed E-state index contributed by atoms with van der Waals surface area (Å²) in [4.78, 5) is 20.9. The minimum atomic E-state index is -0.0668. The zero-order valence-electron chi connectivity index (χ0n) is 16.0. The van der Waals surface area contributed by atoms with Crippen LogP contribution in [0.5, 0.6) is 0 Å². The van der Waals surface area contributed by atoms with Crippen LogP contribution in [-0.4, -0.2) is 36.9 Å². The predicted octanol–water partition coefficient (Wildman–Crippen LogP) is 3.60. The number of hydrogen-bond donors (Lipinski definition) is 0. The van der Waals surface area contributed by atoms with Gasteiger partial charge >= 0.3 is 0 Å². The van der Waals surface area contributed by atoms with Crippen LogP contribution in [0.4, 0.5) is 0 Å². The minimum Gasteiger partial charge on any atom is -0.294 e. The molecule has 140 valence electrons. The maximum absolute atomic E-state index is 12.2. The van der Waals surface area contributed by atoms with E-state index in [-0.39, 0.29) is 5.78 Å². The number of fused-ring (bicyclic) bond motifs is 1. The number of aliphatic imine (C=N–C) groups is 1. The first kappa shape index (κ1) is 17.8. The Kier molecular flexibility index (Phi) is 4.35. The molecular formula is C21H20N6O. The lowest BCUT2D eigenvalue weighted by molar-refractivity contribution is 0.101. The molecule has 7 nitrogen and oxygen atoms in total. The third-order valence-electron chi connectivity index (χ3n) is 4.61. The van der Waals surface area contributed by atoms with Crippen LogP contribution in [0.25, 0.3) is 22.6 Å². The highest BCUT2D eigenvalue weighted by Gasteiger charge is 2.17. The fourth-order valence-electron chi connectivity index (χ4n) is 3.26. The summed E-state index contributed by atoms with van der Waals surface area (Å²) in [6.45, 7) is 9.41. The number of carbonyl (C=O) groups excluding carboxylic acids is 1. The van der Waals surface area contributed by atoms with Crippen molar-refractivity contribution in [3.8, 4) is 17.1 Å². The summed E-state index contributed by atoms with van der Waals surface area (Å²) in [5, 5.41) is 8.99. The van der Waals surface area contributed by atoms with Crippen molar-refractivity contribution in [3.05, 3.63) is 65.2 Å². The topological polar surface area (TPSA) is 77.4 Å². The number of ketones is 1. The summed E-state index contributed by atoms with van der Waals surface area (Å²) in [6, 6.07) is 9.62. The summed E-state index contributed by atoms with van der Waals surface area (Å²) in [6.07, 6.45) is 3.76. The molecule has 0 aliphatic carbocycles. The van der Waals surface area contributed by atoms with Gasteiger partial charge < -0.3 is 0 Å². The molecule has 4 rings (SSSR count). The molecule has 0 fully saturated rings. The Balaban J connectivity index is 1.91.